The summed E-state index contributed by atoms with van der Waals surface area (Å²) in [6, 6.07) is 13.4. The fourth-order valence-electron chi connectivity index (χ4n) is 5.24. The van der Waals surface area contributed by atoms with E-state index in [-0.39, 0.29) is 42.6 Å². The number of rotatable bonds is 5. The van der Waals surface area contributed by atoms with E-state index in [9.17, 15) is 17.6 Å². The number of hydrogen-bond acceptors (Lipinski definition) is 6. The number of nitrogens with zero attached hydrogens (tertiary/aromatic N) is 5. The number of hydrogen-bond donors (Lipinski definition) is 0. The van der Waals surface area contributed by atoms with E-state index in [1.807, 2.05) is 30.0 Å². The van der Waals surface area contributed by atoms with E-state index >= 15 is 0 Å². The van der Waals surface area contributed by atoms with E-state index in [0.717, 1.165) is 16.8 Å². The van der Waals surface area contributed by atoms with E-state index < -0.39 is 10.0 Å². The van der Waals surface area contributed by atoms with Crippen LogP contribution in [0.4, 0.5) is 15.8 Å². The van der Waals surface area contributed by atoms with E-state index in [2.05, 4.69) is 9.88 Å². The molecule has 2 aliphatic rings. The fraction of sp³-hybridized carbons (Fsp3) is 0.407. The number of aromatic nitrogens is 1. The zero-order valence-corrected chi connectivity index (χ0v) is 23.5. The van der Waals surface area contributed by atoms with E-state index in [0.29, 0.717) is 51.1 Å². The number of carbonyl (C=O) groups is 1. The Morgan fingerprint density at radius 1 is 1.00 bits per heavy atom. The number of halogens is 1. The largest absolute Gasteiger partial charge is 0.378 e. The molecule has 3 heterocycles. The van der Waals surface area contributed by atoms with Crippen molar-refractivity contribution < 1.29 is 17.6 Å². The number of anilines is 2. The van der Waals surface area contributed by atoms with Crippen LogP contribution < -0.4 is 9.80 Å². The van der Waals surface area contributed by atoms with Gasteiger partial charge in [-0.1, -0.05) is 0 Å². The number of carbonyl (C=O) groups excluding carboxylic acids is 1. The minimum Gasteiger partial charge on any atom is -0.378 e. The molecule has 0 bridgehead atoms. The van der Waals surface area contributed by atoms with Gasteiger partial charge in [0.15, 0.2) is 0 Å². The van der Waals surface area contributed by atoms with Crippen molar-refractivity contribution in [1.82, 2.24) is 14.2 Å². The molecule has 8 nitrogen and oxygen atoms in total. The number of piperazine rings is 1. The molecular weight excluding hydrogens is 525 g/mol. The number of piperidine rings is 1. The molecule has 0 N–H and O–H groups in total. The van der Waals surface area contributed by atoms with E-state index in [1.54, 1.807) is 36.5 Å². The lowest BCUT2D eigenvalue weighted by atomic mass is 9.97. The van der Waals surface area contributed by atoms with Crippen LogP contribution in [-0.2, 0) is 14.8 Å². The predicted molar refractivity (Wildman–Crippen MR) is 153 cm³/mol. The van der Waals surface area contributed by atoms with E-state index in [1.165, 1.54) is 16.4 Å². The van der Waals surface area contributed by atoms with Gasteiger partial charge in [-0.15, -0.1) is 0 Å². The zero-order valence-electron chi connectivity index (χ0n) is 21.7. The molecule has 0 radical (unpaired) electrons. The maximum absolute atomic E-state index is 13.6. The molecule has 11 heteroatoms. The van der Waals surface area contributed by atoms with Crippen LogP contribution in [0.1, 0.15) is 12.8 Å². The zero-order chi connectivity index (χ0) is 26.2. The average molecular weight is 560 g/mol. The van der Waals surface area contributed by atoms with Crippen molar-refractivity contribution in [1.29, 1.82) is 0 Å². The Labute approximate surface area is 230 Å². The highest BCUT2D eigenvalue weighted by molar-refractivity contribution is 7.89. The van der Waals surface area contributed by atoms with Gasteiger partial charge in [-0.25, -0.2) is 12.8 Å². The average Bonchev–Trinajstić information content (AvgIpc) is 2.92. The molecule has 0 unspecified atom stereocenters. The van der Waals surface area contributed by atoms with Gasteiger partial charge in [0.05, 0.1) is 16.3 Å². The number of pyridine rings is 1. The first-order valence-electron chi connectivity index (χ1n) is 12.6. The fourth-order valence-corrected chi connectivity index (χ4v) is 6.76. The van der Waals surface area contributed by atoms with Crippen LogP contribution in [-0.4, -0.2) is 81.9 Å². The quantitative estimate of drug-likeness (QED) is 0.478. The van der Waals surface area contributed by atoms with Crippen molar-refractivity contribution in [2.75, 3.05) is 63.2 Å². The number of sulfonamides is 1. The first-order chi connectivity index (χ1) is 17.7. The molecule has 1 aromatic heterocycles. The first kappa shape index (κ1) is 28.1. The van der Waals surface area contributed by atoms with Crippen LogP contribution in [0.15, 0.2) is 59.6 Å². The van der Waals surface area contributed by atoms with Gasteiger partial charge < -0.3 is 14.7 Å². The van der Waals surface area contributed by atoms with Gasteiger partial charge in [-0.3, -0.25) is 9.78 Å². The summed E-state index contributed by atoms with van der Waals surface area (Å²) in [5.41, 5.74) is 2.51. The van der Waals surface area contributed by atoms with Crippen LogP contribution in [0.3, 0.4) is 0 Å². The Hall–Kier alpha value is -2.89. The Bertz CT molecular complexity index is 1390. The molecule has 1 atom stereocenters. The van der Waals surface area contributed by atoms with Gasteiger partial charge in [0.2, 0.25) is 15.9 Å². The Balaban J connectivity index is 0.00000336. The molecule has 2 fully saturated rings. The van der Waals surface area contributed by atoms with E-state index in [4.69, 9.17) is 0 Å². The van der Waals surface area contributed by atoms with Gasteiger partial charge >= 0.3 is 0 Å². The monoisotopic (exact) mass is 559 g/mol. The van der Waals surface area contributed by atoms with Crippen LogP contribution in [0.5, 0.6) is 0 Å². The highest BCUT2D eigenvalue weighted by Crippen LogP contribution is 2.29. The van der Waals surface area contributed by atoms with Gasteiger partial charge in [-0.2, -0.15) is 17.8 Å². The summed E-state index contributed by atoms with van der Waals surface area (Å²) >= 11 is 0. The van der Waals surface area contributed by atoms with Crippen LogP contribution in [0, 0.1) is 11.7 Å². The highest BCUT2D eigenvalue weighted by atomic mass is 32.2. The second kappa shape index (κ2) is 11.5. The van der Waals surface area contributed by atoms with Crippen molar-refractivity contribution >= 4 is 51.7 Å². The summed E-state index contributed by atoms with van der Waals surface area (Å²) in [5.74, 6) is -0.647. The maximum Gasteiger partial charge on any atom is 0.243 e. The second-order valence-corrected chi connectivity index (χ2v) is 11.8. The third-order valence-electron chi connectivity index (χ3n) is 7.34. The number of fused-ring (bicyclic) bond motifs is 1. The Kier molecular flexibility index (Phi) is 8.49. The summed E-state index contributed by atoms with van der Waals surface area (Å²) in [6.07, 6.45) is 3.02. The van der Waals surface area contributed by atoms with Crippen LogP contribution >= 0.6 is 13.5 Å². The Morgan fingerprint density at radius 2 is 1.71 bits per heavy atom. The smallest absolute Gasteiger partial charge is 0.243 e. The minimum absolute atomic E-state index is 0. The molecule has 5 rings (SSSR count). The highest BCUT2D eigenvalue weighted by Gasteiger charge is 2.36. The lowest BCUT2D eigenvalue weighted by molar-refractivity contribution is -0.137. The summed E-state index contributed by atoms with van der Waals surface area (Å²) in [4.78, 5) is 23.9. The summed E-state index contributed by atoms with van der Waals surface area (Å²) < 4.78 is 41.7. The molecule has 1 amide bonds. The number of amides is 1. The molecular formula is C27H34FN5O3S2. The molecule has 0 aliphatic carbocycles. The van der Waals surface area contributed by atoms with Gasteiger partial charge in [-0.05, 0) is 55.3 Å². The lowest BCUT2D eigenvalue weighted by Crippen LogP contribution is -2.53. The third kappa shape index (κ3) is 5.60. The SMILES string of the molecule is CN(C)c1ccc(S(=O)(=O)N2CCC[C@H](C(=O)N3CCN(c4ccnc5cc(F)ccc45)CC3)C2)cc1.S. The van der Waals surface area contributed by atoms with Crippen LogP contribution in [0.25, 0.3) is 10.9 Å². The molecule has 204 valence electrons. The normalized spacial score (nSPS) is 18.8. The Morgan fingerprint density at radius 3 is 2.39 bits per heavy atom. The van der Waals surface area contributed by atoms with Gasteiger partial charge in [0.25, 0.3) is 0 Å². The van der Waals surface area contributed by atoms with Crippen molar-refractivity contribution in [2.45, 2.75) is 17.7 Å². The molecule has 2 saturated heterocycles. The summed E-state index contributed by atoms with van der Waals surface area (Å²) in [5, 5.41) is 0.885. The van der Waals surface area contributed by atoms with Crippen molar-refractivity contribution in [3.63, 3.8) is 0 Å². The predicted octanol–water partition coefficient (Wildman–Crippen LogP) is 3.30. The van der Waals surface area contributed by atoms with Crippen molar-refractivity contribution in [2.24, 2.45) is 5.92 Å². The lowest BCUT2D eigenvalue weighted by Gasteiger charge is -2.39. The topological polar surface area (TPSA) is 77.1 Å². The second-order valence-electron chi connectivity index (χ2n) is 9.89. The summed E-state index contributed by atoms with van der Waals surface area (Å²) in [7, 11) is 0.147. The molecule has 0 saturated carbocycles. The molecule has 0 spiro atoms. The molecule has 2 aliphatic heterocycles. The third-order valence-corrected chi connectivity index (χ3v) is 9.22. The van der Waals surface area contributed by atoms with Gasteiger partial charge in [0.1, 0.15) is 5.82 Å². The summed E-state index contributed by atoms with van der Waals surface area (Å²) in [6.45, 7) is 3.03. The van der Waals surface area contributed by atoms with Crippen LogP contribution in [0.2, 0.25) is 0 Å². The maximum atomic E-state index is 13.6. The van der Waals surface area contributed by atoms with Gasteiger partial charge in [0, 0.05) is 82.4 Å². The standard InChI is InChI=1S/C27H32FN5O3S.H2S/c1-30(2)22-6-8-23(9-7-22)37(35,36)33-13-3-4-20(19-33)27(34)32-16-14-31(15-17-32)26-11-12-29-25-18-21(28)5-10-24(25)26;/h5-12,18,20H,3-4,13-17,19H2,1-2H3;1H2/t20-;/m0./s1. The number of benzene rings is 2. The molecule has 2 aromatic carbocycles. The minimum atomic E-state index is -3.67. The van der Waals surface area contributed by atoms with Crippen molar-refractivity contribution in [3.8, 4) is 0 Å². The molecule has 38 heavy (non-hydrogen) atoms. The first-order valence-corrected chi connectivity index (χ1v) is 14.0. The molecule has 3 aromatic rings. The van der Waals surface area contributed by atoms with Crippen molar-refractivity contribution in [3.05, 3.63) is 60.5 Å².